The number of anilines is 1. The monoisotopic (exact) mass is 349 g/mol. The molecule has 1 amide bonds. The summed E-state index contributed by atoms with van der Waals surface area (Å²) in [5.41, 5.74) is 2.07. The van der Waals surface area contributed by atoms with Crippen LogP contribution in [0.25, 0.3) is 0 Å². The third-order valence-electron chi connectivity index (χ3n) is 3.56. The molecule has 2 aromatic rings. The number of methoxy groups -OCH3 is 1. The first-order chi connectivity index (χ1) is 11.8. The minimum atomic E-state index is 0.569. The van der Waals surface area contributed by atoms with Crippen molar-refractivity contribution in [3.05, 3.63) is 28.7 Å². The number of aromatic nitrogens is 3. The molecule has 3 rings (SSSR count). The molecular weight excluding hydrogens is 326 g/mol. The molecule has 0 radical (unpaired) electrons. The maximum absolute atomic E-state index is 10.4. The fourth-order valence-electron chi connectivity index (χ4n) is 2.46. The second-order valence-electron chi connectivity index (χ2n) is 4.98. The summed E-state index contributed by atoms with van der Waals surface area (Å²) in [5.74, 6) is 0.569. The normalized spacial score (nSPS) is 14.0. The highest BCUT2D eigenvalue weighted by Crippen LogP contribution is 2.21. The lowest BCUT2D eigenvalue weighted by Gasteiger charge is -2.17. The van der Waals surface area contributed by atoms with Crippen LogP contribution in [0.1, 0.15) is 30.1 Å². The number of nitrogens with one attached hydrogen (secondary N) is 1. The fourth-order valence-corrected chi connectivity index (χ4v) is 3.27. The molecule has 0 spiro atoms. The largest absolute Gasteiger partial charge is 0.480 e. The Morgan fingerprint density at radius 2 is 2.00 bits per heavy atom. The van der Waals surface area contributed by atoms with E-state index in [1.807, 2.05) is 20.0 Å². The average Bonchev–Trinajstić information content (AvgIpc) is 2.96. The quantitative estimate of drug-likeness (QED) is 0.833. The molecule has 0 aromatic carbocycles. The van der Waals surface area contributed by atoms with Crippen LogP contribution in [-0.4, -0.2) is 46.5 Å². The smallest absolute Gasteiger partial charge is 0.232 e. The van der Waals surface area contributed by atoms with Gasteiger partial charge in [0, 0.05) is 43.5 Å². The average molecular weight is 349 g/mol. The molecular formula is C16H23N5O2S. The van der Waals surface area contributed by atoms with Gasteiger partial charge in [-0.3, -0.25) is 14.7 Å². The summed E-state index contributed by atoms with van der Waals surface area (Å²) in [6, 6.07) is 0. The third-order valence-corrected chi connectivity index (χ3v) is 4.48. The van der Waals surface area contributed by atoms with Crippen LogP contribution in [0.5, 0.6) is 5.88 Å². The molecule has 0 bridgehead atoms. The van der Waals surface area contributed by atoms with Gasteiger partial charge in [-0.1, -0.05) is 13.8 Å². The lowest BCUT2D eigenvalue weighted by Crippen LogP contribution is -2.25. The minimum absolute atomic E-state index is 0.569. The number of carbonyl (C=O) groups excluding carboxylic acids is 1. The molecule has 0 unspecified atom stereocenters. The lowest BCUT2D eigenvalue weighted by atomic mass is 10.2. The van der Waals surface area contributed by atoms with Gasteiger partial charge in [-0.05, 0) is 0 Å². The van der Waals surface area contributed by atoms with Gasteiger partial charge in [-0.2, -0.15) is 0 Å². The number of nitrogens with zero attached hydrogens (tertiary/aromatic N) is 4. The molecule has 3 heterocycles. The zero-order chi connectivity index (χ0) is 17.4. The number of fused-ring (bicyclic) bond motifs is 1. The minimum Gasteiger partial charge on any atom is -0.480 e. The van der Waals surface area contributed by atoms with Crippen LogP contribution >= 0.6 is 11.3 Å². The topological polar surface area (TPSA) is 80.2 Å². The van der Waals surface area contributed by atoms with Crippen LogP contribution in [0.15, 0.2) is 12.4 Å². The highest BCUT2D eigenvalue weighted by atomic mass is 32.1. The van der Waals surface area contributed by atoms with Gasteiger partial charge in [0.2, 0.25) is 12.3 Å². The Bertz CT molecular complexity index is 662. The molecule has 8 heteroatoms. The van der Waals surface area contributed by atoms with Gasteiger partial charge < -0.3 is 10.1 Å². The predicted octanol–water partition coefficient (Wildman–Crippen LogP) is 2.14. The maximum atomic E-state index is 10.4. The Balaban J connectivity index is 0.00000100. The summed E-state index contributed by atoms with van der Waals surface area (Å²) < 4.78 is 5.14. The third kappa shape index (κ3) is 4.72. The van der Waals surface area contributed by atoms with Crippen LogP contribution in [0, 0.1) is 0 Å². The fraction of sp³-hybridized carbons (Fsp3) is 0.500. The molecule has 0 saturated carbocycles. The number of ether oxygens (including phenoxy) is 1. The van der Waals surface area contributed by atoms with E-state index < -0.39 is 0 Å². The van der Waals surface area contributed by atoms with Crippen LogP contribution in [0.3, 0.4) is 0 Å². The highest BCUT2D eigenvalue weighted by Gasteiger charge is 2.17. The first kappa shape index (κ1) is 18.3. The van der Waals surface area contributed by atoms with E-state index >= 15 is 0 Å². The van der Waals surface area contributed by atoms with Gasteiger partial charge >= 0.3 is 0 Å². The van der Waals surface area contributed by atoms with E-state index in [9.17, 15) is 4.79 Å². The van der Waals surface area contributed by atoms with Gasteiger partial charge in [0.15, 0.2) is 5.13 Å². The Kier molecular flexibility index (Phi) is 7.07. The summed E-state index contributed by atoms with van der Waals surface area (Å²) in [6.45, 7) is 6.68. The van der Waals surface area contributed by atoms with Crippen molar-refractivity contribution in [3.8, 4) is 5.88 Å². The first-order valence-corrected chi connectivity index (χ1v) is 8.86. The SMILES string of the molecule is CC.COc1cnc2c(n1)CCN(Cc1cnc(NC=O)s1)CC2. The molecule has 1 aliphatic heterocycles. The maximum Gasteiger partial charge on any atom is 0.232 e. The van der Waals surface area contributed by atoms with E-state index in [4.69, 9.17) is 4.74 Å². The van der Waals surface area contributed by atoms with E-state index in [1.54, 1.807) is 13.3 Å². The van der Waals surface area contributed by atoms with Gasteiger partial charge in [0.1, 0.15) is 0 Å². The second kappa shape index (κ2) is 9.29. The van der Waals surface area contributed by atoms with E-state index in [0.717, 1.165) is 48.7 Å². The molecule has 0 saturated heterocycles. The zero-order valence-electron chi connectivity index (χ0n) is 14.3. The number of hydrogen-bond acceptors (Lipinski definition) is 7. The molecule has 0 fully saturated rings. The van der Waals surface area contributed by atoms with Crippen molar-refractivity contribution in [1.29, 1.82) is 0 Å². The van der Waals surface area contributed by atoms with Crippen molar-refractivity contribution in [3.63, 3.8) is 0 Å². The lowest BCUT2D eigenvalue weighted by molar-refractivity contribution is -0.105. The van der Waals surface area contributed by atoms with Crippen molar-refractivity contribution in [2.75, 3.05) is 25.5 Å². The van der Waals surface area contributed by atoms with E-state index in [0.29, 0.717) is 17.4 Å². The molecule has 2 aromatic heterocycles. The summed E-state index contributed by atoms with van der Waals surface area (Å²) in [4.78, 5) is 27.0. The summed E-state index contributed by atoms with van der Waals surface area (Å²) in [7, 11) is 1.61. The predicted molar refractivity (Wildman–Crippen MR) is 94.4 cm³/mol. The number of thiazole rings is 1. The second-order valence-corrected chi connectivity index (χ2v) is 6.09. The Morgan fingerprint density at radius 1 is 1.25 bits per heavy atom. The molecule has 130 valence electrons. The van der Waals surface area contributed by atoms with E-state index in [2.05, 4.69) is 25.2 Å². The summed E-state index contributed by atoms with van der Waals surface area (Å²) in [6.07, 6.45) is 5.88. The number of amides is 1. The zero-order valence-corrected chi connectivity index (χ0v) is 15.1. The highest BCUT2D eigenvalue weighted by molar-refractivity contribution is 7.15. The van der Waals surface area contributed by atoms with Crippen molar-refractivity contribution < 1.29 is 9.53 Å². The number of carbonyl (C=O) groups is 1. The molecule has 1 N–H and O–H groups in total. The molecule has 0 atom stereocenters. The van der Waals surface area contributed by atoms with Crippen molar-refractivity contribution in [2.45, 2.75) is 33.2 Å². The van der Waals surface area contributed by atoms with Crippen molar-refractivity contribution in [2.24, 2.45) is 0 Å². The van der Waals surface area contributed by atoms with Crippen LogP contribution in [0.4, 0.5) is 5.13 Å². The van der Waals surface area contributed by atoms with Crippen molar-refractivity contribution in [1.82, 2.24) is 19.9 Å². The molecule has 24 heavy (non-hydrogen) atoms. The Hall–Kier alpha value is -2.06. The molecule has 0 aliphatic carbocycles. The van der Waals surface area contributed by atoms with Crippen LogP contribution < -0.4 is 10.1 Å². The van der Waals surface area contributed by atoms with Gasteiger partial charge in [0.25, 0.3) is 0 Å². The summed E-state index contributed by atoms with van der Waals surface area (Å²) >= 11 is 1.50. The van der Waals surface area contributed by atoms with Crippen molar-refractivity contribution >= 4 is 22.9 Å². The molecule has 1 aliphatic rings. The summed E-state index contributed by atoms with van der Waals surface area (Å²) in [5, 5.41) is 3.21. The van der Waals surface area contributed by atoms with Gasteiger partial charge in [-0.15, -0.1) is 11.3 Å². The number of rotatable bonds is 5. The Morgan fingerprint density at radius 3 is 2.71 bits per heavy atom. The molecule has 7 nitrogen and oxygen atoms in total. The van der Waals surface area contributed by atoms with Crippen LogP contribution in [-0.2, 0) is 24.2 Å². The van der Waals surface area contributed by atoms with Gasteiger partial charge in [0.05, 0.1) is 24.7 Å². The van der Waals surface area contributed by atoms with E-state index in [1.165, 1.54) is 11.3 Å². The first-order valence-electron chi connectivity index (χ1n) is 8.04. The van der Waals surface area contributed by atoms with Crippen LogP contribution in [0.2, 0.25) is 0 Å². The van der Waals surface area contributed by atoms with E-state index in [-0.39, 0.29) is 0 Å². The number of hydrogen-bond donors (Lipinski definition) is 1. The standard InChI is InChI=1S/C14H17N5O2S.C2H6/c1-21-13-7-15-11-2-4-19(5-3-12(11)18-13)8-10-6-16-14(22-10)17-9-20;1-2/h6-7,9H,2-5,8H2,1H3,(H,16,17,20);1-2H3. The van der Waals surface area contributed by atoms with Gasteiger partial charge in [-0.25, -0.2) is 9.97 Å². The Labute approximate surface area is 146 Å².